The van der Waals surface area contributed by atoms with Crippen molar-refractivity contribution in [3.8, 4) is 0 Å². The van der Waals surface area contributed by atoms with Gasteiger partial charge in [0.05, 0.1) is 0 Å². The lowest BCUT2D eigenvalue weighted by Gasteiger charge is -2.20. The molecule has 0 bridgehead atoms. The molecule has 0 fully saturated rings. The molecule has 110 valence electrons. The van der Waals surface area contributed by atoms with Crippen molar-refractivity contribution < 1.29 is 0 Å². The summed E-state index contributed by atoms with van der Waals surface area (Å²) >= 11 is 0. The molecule has 0 saturated heterocycles. The Morgan fingerprint density at radius 2 is 2.15 bits per heavy atom. The van der Waals surface area contributed by atoms with Crippen LogP contribution in [0.3, 0.4) is 0 Å². The van der Waals surface area contributed by atoms with Crippen LogP contribution in [0.4, 0.5) is 5.82 Å². The molecule has 0 aromatic carbocycles. The van der Waals surface area contributed by atoms with Gasteiger partial charge >= 0.3 is 0 Å². The lowest BCUT2D eigenvalue weighted by atomic mass is 10.2. The average molecular weight is 276 g/mol. The van der Waals surface area contributed by atoms with E-state index in [4.69, 9.17) is 0 Å². The molecule has 2 heterocycles. The number of nitrogens with zero attached hydrogens (tertiary/aromatic N) is 5. The third-order valence-corrected chi connectivity index (χ3v) is 3.51. The van der Waals surface area contributed by atoms with Crippen molar-refractivity contribution in [3.05, 3.63) is 18.1 Å². The van der Waals surface area contributed by atoms with Crippen LogP contribution in [0, 0.1) is 6.92 Å². The lowest BCUT2D eigenvalue weighted by Crippen LogP contribution is -2.27. The average Bonchev–Trinajstić information content (AvgIpc) is 2.85. The van der Waals surface area contributed by atoms with Gasteiger partial charge in [-0.2, -0.15) is 14.6 Å². The first-order valence-corrected chi connectivity index (χ1v) is 7.19. The number of anilines is 1. The number of aryl methyl sites for hydroxylation is 1. The first kappa shape index (κ1) is 14.7. The summed E-state index contributed by atoms with van der Waals surface area (Å²) in [6.45, 7) is 8.48. The summed E-state index contributed by atoms with van der Waals surface area (Å²) in [6, 6.07) is 2.61. The van der Waals surface area contributed by atoms with E-state index < -0.39 is 0 Å². The zero-order valence-electron chi connectivity index (χ0n) is 12.8. The van der Waals surface area contributed by atoms with E-state index >= 15 is 0 Å². The van der Waals surface area contributed by atoms with Gasteiger partial charge in [0.15, 0.2) is 0 Å². The van der Waals surface area contributed by atoms with Gasteiger partial charge in [-0.15, -0.1) is 0 Å². The maximum atomic E-state index is 4.33. The van der Waals surface area contributed by atoms with Crippen molar-refractivity contribution in [2.24, 2.45) is 0 Å². The summed E-state index contributed by atoms with van der Waals surface area (Å²) in [5.74, 6) is 1.61. The van der Waals surface area contributed by atoms with Gasteiger partial charge in [-0.1, -0.05) is 0 Å². The zero-order chi connectivity index (χ0) is 14.5. The number of hydrogen-bond acceptors (Lipinski definition) is 5. The molecule has 0 aliphatic heterocycles. The SMILES string of the molecule is Cc1cc(NCCCCN(C)C(C)C)n2ncnc2n1. The second-order valence-corrected chi connectivity index (χ2v) is 5.46. The molecule has 0 atom stereocenters. The van der Waals surface area contributed by atoms with Crippen LogP contribution in [0.5, 0.6) is 0 Å². The van der Waals surface area contributed by atoms with E-state index in [1.54, 1.807) is 4.52 Å². The molecule has 20 heavy (non-hydrogen) atoms. The molecule has 0 aliphatic carbocycles. The summed E-state index contributed by atoms with van der Waals surface area (Å²) in [4.78, 5) is 10.8. The molecular formula is C14H24N6. The predicted molar refractivity (Wildman–Crippen MR) is 81.0 cm³/mol. The fraction of sp³-hybridized carbons (Fsp3) is 0.643. The third kappa shape index (κ3) is 3.66. The van der Waals surface area contributed by atoms with Crippen molar-refractivity contribution in [1.82, 2.24) is 24.5 Å². The molecule has 0 amide bonds. The van der Waals surface area contributed by atoms with Crippen molar-refractivity contribution in [2.75, 3.05) is 25.5 Å². The van der Waals surface area contributed by atoms with E-state index in [1.165, 1.54) is 12.7 Å². The normalized spacial score (nSPS) is 11.7. The Balaban J connectivity index is 1.83. The topological polar surface area (TPSA) is 58.4 Å². The van der Waals surface area contributed by atoms with E-state index in [2.05, 4.69) is 46.2 Å². The molecule has 1 N–H and O–H groups in total. The number of hydrogen-bond donors (Lipinski definition) is 1. The molecular weight excluding hydrogens is 252 g/mol. The van der Waals surface area contributed by atoms with E-state index in [-0.39, 0.29) is 0 Å². The van der Waals surface area contributed by atoms with Gasteiger partial charge in [-0.25, -0.2) is 4.98 Å². The standard InChI is InChI=1S/C14H24N6/c1-11(2)19(4)8-6-5-7-15-13-9-12(3)18-14-16-10-17-20(13)14/h9-11,15H,5-8H2,1-4H3. The summed E-state index contributed by atoms with van der Waals surface area (Å²) < 4.78 is 1.74. The summed E-state index contributed by atoms with van der Waals surface area (Å²) in [5.41, 5.74) is 0.951. The molecule has 2 aromatic rings. The number of fused-ring (bicyclic) bond motifs is 1. The Morgan fingerprint density at radius 1 is 1.35 bits per heavy atom. The quantitative estimate of drug-likeness (QED) is 0.783. The molecule has 6 nitrogen and oxygen atoms in total. The van der Waals surface area contributed by atoms with Gasteiger partial charge in [-0.3, -0.25) is 0 Å². The molecule has 2 aromatic heterocycles. The Labute approximate surface area is 120 Å². The van der Waals surface area contributed by atoms with Gasteiger partial charge in [0.2, 0.25) is 0 Å². The van der Waals surface area contributed by atoms with Crippen LogP contribution >= 0.6 is 0 Å². The first-order valence-electron chi connectivity index (χ1n) is 7.19. The fourth-order valence-corrected chi connectivity index (χ4v) is 2.02. The molecule has 2 rings (SSSR count). The van der Waals surface area contributed by atoms with E-state index in [0.717, 1.165) is 31.0 Å². The summed E-state index contributed by atoms with van der Waals surface area (Å²) in [5, 5.41) is 7.60. The van der Waals surface area contributed by atoms with Crippen molar-refractivity contribution in [1.29, 1.82) is 0 Å². The second kappa shape index (κ2) is 6.65. The van der Waals surface area contributed by atoms with Crippen molar-refractivity contribution >= 4 is 11.6 Å². The van der Waals surface area contributed by atoms with Crippen LogP contribution in [0.2, 0.25) is 0 Å². The Morgan fingerprint density at radius 3 is 2.90 bits per heavy atom. The molecule has 0 radical (unpaired) electrons. The third-order valence-electron chi connectivity index (χ3n) is 3.51. The van der Waals surface area contributed by atoms with Crippen LogP contribution in [0.1, 0.15) is 32.4 Å². The van der Waals surface area contributed by atoms with E-state index in [0.29, 0.717) is 11.8 Å². The Bertz CT molecular complexity index is 548. The number of rotatable bonds is 7. The zero-order valence-corrected chi connectivity index (χ0v) is 12.8. The number of aromatic nitrogens is 4. The first-order chi connectivity index (χ1) is 9.58. The second-order valence-electron chi connectivity index (χ2n) is 5.46. The summed E-state index contributed by atoms with van der Waals surface area (Å²) in [7, 11) is 2.17. The van der Waals surface area contributed by atoms with Gasteiger partial charge in [0.1, 0.15) is 12.1 Å². The van der Waals surface area contributed by atoms with Gasteiger partial charge in [0.25, 0.3) is 5.78 Å². The highest BCUT2D eigenvalue weighted by Crippen LogP contribution is 2.10. The smallest absolute Gasteiger partial charge is 0.254 e. The number of unbranched alkanes of at least 4 members (excludes halogenated alkanes) is 1. The van der Waals surface area contributed by atoms with Crippen LogP contribution in [0.15, 0.2) is 12.4 Å². The maximum Gasteiger partial charge on any atom is 0.254 e. The van der Waals surface area contributed by atoms with E-state index in [1.807, 2.05) is 13.0 Å². The lowest BCUT2D eigenvalue weighted by molar-refractivity contribution is 0.269. The molecule has 0 spiro atoms. The minimum Gasteiger partial charge on any atom is -0.370 e. The monoisotopic (exact) mass is 276 g/mol. The van der Waals surface area contributed by atoms with Crippen LogP contribution in [0.25, 0.3) is 5.78 Å². The molecule has 6 heteroatoms. The van der Waals surface area contributed by atoms with Crippen LogP contribution in [-0.2, 0) is 0 Å². The van der Waals surface area contributed by atoms with Crippen LogP contribution < -0.4 is 5.32 Å². The van der Waals surface area contributed by atoms with Crippen molar-refractivity contribution in [3.63, 3.8) is 0 Å². The van der Waals surface area contributed by atoms with Gasteiger partial charge in [0, 0.05) is 24.3 Å². The highest BCUT2D eigenvalue weighted by Gasteiger charge is 2.05. The number of nitrogens with one attached hydrogen (secondary N) is 1. The minimum absolute atomic E-state index is 0.612. The van der Waals surface area contributed by atoms with Gasteiger partial charge < -0.3 is 10.2 Å². The molecule has 0 aliphatic rings. The van der Waals surface area contributed by atoms with E-state index in [9.17, 15) is 0 Å². The highest BCUT2D eigenvalue weighted by molar-refractivity contribution is 5.44. The molecule has 0 unspecified atom stereocenters. The fourth-order valence-electron chi connectivity index (χ4n) is 2.02. The van der Waals surface area contributed by atoms with Crippen molar-refractivity contribution in [2.45, 2.75) is 39.7 Å². The predicted octanol–water partition coefficient (Wildman–Crippen LogP) is 1.97. The highest BCUT2D eigenvalue weighted by atomic mass is 15.3. The summed E-state index contributed by atoms with van der Waals surface area (Å²) in [6.07, 6.45) is 3.85. The Hall–Kier alpha value is -1.69. The maximum absolute atomic E-state index is 4.33. The van der Waals surface area contributed by atoms with Gasteiger partial charge in [-0.05, 0) is 47.2 Å². The minimum atomic E-state index is 0.612. The molecule has 0 saturated carbocycles. The Kier molecular flexibility index (Phi) is 4.89. The van der Waals surface area contributed by atoms with Crippen LogP contribution in [-0.4, -0.2) is 50.7 Å². The largest absolute Gasteiger partial charge is 0.370 e.